The zero-order chi connectivity index (χ0) is 14.4. The molecule has 0 saturated heterocycles. The van der Waals surface area contributed by atoms with Crippen molar-refractivity contribution in [2.45, 2.75) is 19.3 Å². The highest BCUT2D eigenvalue weighted by Gasteiger charge is 2.08. The lowest BCUT2D eigenvalue weighted by Gasteiger charge is -2.02. The van der Waals surface area contributed by atoms with Crippen molar-refractivity contribution in [2.75, 3.05) is 5.32 Å². The van der Waals surface area contributed by atoms with Crippen molar-refractivity contribution < 1.29 is 9.59 Å². The quantitative estimate of drug-likeness (QED) is 0.802. The van der Waals surface area contributed by atoms with Crippen LogP contribution in [0.2, 0.25) is 0 Å². The molecule has 6 heteroatoms. The van der Waals surface area contributed by atoms with Crippen LogP contribution in [-0.4, -0.2) is 16.7 Å². The van der Waals surface area contributed by atoms with E-state index in [1.54, 1.807) is 23.7 Å². The molecule has 4 nitrogen and oxygen atoms in total. The van der Waals surface area contributed by atoms with Gasteiger partial charge in [0.05, 0.1) is 0 Å². The Hall–Kier alpha value is -1.53. The number of carbonyl (C=O) groups is 2. The van der Waals surface area contributed by atoms with E-state index in [0.717, 1.165) is 4.47 Å². The number of carbonyl (C=O) groups excluding carboxylic acids is 2. The molecule has 0 aliphatic heterocycles. The fourth-order valence-electron chi connectivity index (χ4n) is 1.66. The van der Waals surface area contributed by atoms with Gasteiger partial charge in [0.15, 0.2) is 10.9 Å². The Kier molecular flexibility index (Phi) is 5.43. The summed E-state index contributed by atoms with van der Waals surface area (Å²) in [5.74, 6) is -0.0527. The highest BCUT2D eigenvalue weighted by Crippen LogP contribution is 2.14. The number of hydrogen-bond donors (Lipinski definition) is 1. The minimum absolute atomic E-state index is 0.0551. The fourth-order valence-corrected chi connectivity index (χ4v) is 2.47. The molecular weight excluding hydrogens is 340 g/mol. The maximum Gasteiger partial charge on any atom is 0.226 e. The number of Topliss-reactive ketones (excluding diaryl/α,β-unsaturated/α-hetero) is 1. The first-order valence-electron chi connectivity index (χ1n) is 6.13. The predicted octanol–water partition coefficient (Wildman–Crippen LogP) is 3.90. The van der Waals surface area contributed by atoms with E-state index in [9.17, 15) is 9.59 Å². The molecular formula is C14H13BrN2O2S. The van der Waals surface area contributed by atoms with Crippen LogP contribution in [0, 0.1) is 0 Å². The second-order valence-corrected chi connectivity index (χ2v) is 5.98. The molecule has 0 aliphatic rings. The molecule has 0 saturated carbocycles. The molecule has 104 valence electrons. The minimum Gasteiger partial charge on any atom is -0.302 e. The number of rotatable bonds is 6. The average Bonchev–Trinajstić information content (AvgIpc) is 2.92. The van der Waals surface area contributed by atoms with E-state index >= 15 is 0 Å². The molecule has 2 rings (SSSR count). The number of nitrogens with one attached hydrogen (secondary N) is 1. The van der Waals surface area contributed by atoms with Gasteiger partial charge in [-0.1, -0.05) is 28.1 Å². The van der Waals surface area contributed by atoms with Crippen LogP contribution in [0.3, 0.4) is 0 Å². The molecule has 0 bridgehead atoms. The summed E-state index contributed by atoms with van der Waals surface area (Å²) in [6, 6.07) is 7.23. The normalized spacial score (nSPS) is 10.2. The summed E-state index contributed by atoms with van der Waals surface area (Å²) in [4.78, 5) is 27.5. The predicted molar refractivity (Wildman–Crippen MR) is 83.1 cm³/mol. The Bertz CT molecular complexity index is 582. The second kappa shape index (κ2) is 7.31. The van der Waals surface area contributed by atoms with Gasteiger partial charge >= 0.3 is 0 Å². The number of ketones is 1. The second-order valence-electron chi connectivity index (χ2n) is 4.17. The van der Waals surface area contributed by atoms with Gasteiger partial charge in [-0.05, 0) is 18.6 Å². The summed E-state index contributed by atoms with van der Waals surface area (Å²) in [6.07, 6.45) is 2.86. The molecule has 0 aliphatic carbocycles. The van der Waals surface area contributed by atoms with Crippen molar-refractivity contribution in [1.82, 2.24) is 4.98 Å². The third-order valence-electron chi connectivity index (χ3n) is 2.65. The summed E-state index contributed by atoms with van der Waals surface area (Å²) >= 11 is 4.70. The Morgan fingerprint density at radius 1 is 1.20 bits per heavy atom. The zero-order valence-electron chi connectivity index (χ0n) is 10.6. The van der Waals surface area contributed by atoms with Gasteiger partial charge in [0.1, 0.15) is 0 Å². The van der Waals surface area contributed by atoms with Crippen LogP contribution in [0.4, 0.5) is 5.13 Å². The van der Waals surface area contributed by atoms with Crippen molar-refractivity contribution in [2.24, 2.45) is 0 Å². The molecule has 1 amide bonds. The molecule has 1 heterocycles. The van der Waals surface area contributed by atoms with E-state index in [4.69, 9.17) is 0 Å². The van der Waals surface area contributed by atoms with E-state index in [1.165, 1.54) is 11.3 Å². The Labute approximate surface area is 129 Å². The third-order valence-corrected chi connectivity index (χ3v) is 3.87. The summed E-state index contributed by atoms with van der Waals surface area (Å²) in [5, 5.41) is 5.08. The molecule has 1 aromatic heterocycles. The van der Waals surface area contributed by atoms with Crippen LogP contribution in [0.15, 0.2) is 40.3 Å². The third kappa shape index (κ3) is 4.54. The fraction of sp³-hybridized carbons (Fsp3) is 0.214. The van der Waals surface area contributed by atoms with Gasteiger partial charge in [-0.25, -0.2) is 4.98 Å². The van der Waals surface area contributed by atoms with Gasteiger partial charge in [0.2, 0.25) is 5.91 Å². The van der Waals surface area contributed by atoms with Gasteiger partial charge in [-0.3, -0.25) is 9.59 Å². The lowest BCUT2D eigenvalue weighted by atomic mass is 10.1. The highest BCUT2D eigenvalue weighted by molar-refractivity contribution is 9.10. The summed E-state index contributed by atoms with van der Waals surface area (Å²) < 4.78 is 0.942. The standard InChI is InChI=1S/C14H13BrN2O2S/c15-11-6-4-10(5-7-11)12(18)2-1-3-13(19)17-14-16-8-9-20-14/h4-9H,1-3H2,(H,16,17,19). The maximum absolute atomic E-state index is 11.9. The van der Waals surface area contributed by atoms with Crippen LogP contribution in [0.5, 0.6) is 0 Å². The first-order chi connectivity index (χ1) is 9.65. The number of thiazole rings is 1. The Balaban J connectivity index is 1.74. The molecule has 0 radical (unpaired) electrons. The van der Waals surface area contributed by atoms with Gasteiger partial charge < -0.3 is 5.32 Å². The van der Waals surface area contributed by atoms with E-state index in [0.29, 0.717) is 30.0 Å². The molecule has 0 unspecified atom stereocenters. The smallest absolute Gasteiger partial charge is 0.226 e. The molecule has 0 fully saturated rings. The van der Waals surface area contributed by atoms with E-state index in [1.807, 2.05) is 12.1 Å². The zero-order valence-corrected chi connectivity index (χ0v) is 13.0. The van der Waals surface area contributed by atoms with Crippen LogP contribution in [0.25, 0.3) is 0 Å². The molecule has 2 aromatic rings. The van der Waals surface area contributed by atoms with Gasteiger partial charge in [-0.2, -0.15) is 0 Å². The Morgan fingerprint density at radius 2 is 1.95 bits per heavy atom. The number of amides is 1. The first-order valence-corrected chi connectivity index (χ1v) is 7.80. The van der Waals surface area contributed by atoms with Crippen LogP contribution < -0.4 is 5.32 Å². The molecule has 0 spiro atoms. The molecule has 0 atom stereocenters. The largest absolute Gasteiger partial charge is 0.302 e. The summed E-state index contributed by atoms with van der Waals surface area (Å²) in [7, 11) is 0. The number of benzene rings is 1. The van der Waals surface area contributed by atoms with Crippen molar-refractivity contribution >= 4 is 44.1 Å². The van der Waals surface area contributed by atoms with Crippen molar-refractivity contribution in [3.05, 3.63) is 45.9 Å². The lowest BCUT2D eigenvalue weighted by molar-refractivity contribution is -0.116. The number of anilines is 1. The van der Waals surface area contributed by atoms with Gasteiger partial charge in [-0.15, -0.1) is 11.3 Å². The SMILES string of the molecule is O=C(CCCC(=O)c1ccc(Br)cc1)Nc1nccs1. The van der Waals surface area contributed by atoms with E-state index in [-0.39, 0.29) is 11.7 Å². The topological polar surface area (TPSA) is 59.1 Å². The van der Waals surface area contributed by atoms with Crippen molar-refractivity contribution in [3.63, 3.8) is 0 Å². The number of hydrogen-bond acceptors (Lipinski definition) is 4. The number of halogens is 1. The first kappa shape index (κ1) is 14.9. The number of aromatic nitrogens is 1. The van der Waals surface area contributed by atoms with Crippen molar-refractivity contribution in [3.8, 4) is 0 Å². The van der Waals surface area contributed by atoms with E-state index in [2.05, 4.69) is 26.2 Å². The minimum atomic E-state index is -0.108. The van der Waals surface area contributed by atoms with Gasteiger partial charge in [0.25, 0.3) is 0 Å². The highest BCUT2D eigenvalue weighted by atomic mass is 79.9. The molecule has 1 aromatic carbocycles. The van der Waals surface area contributed by atoms with Crippen molar-refractivity contribution in [1.29, 1.82) is 0 Å². The summed E-state index contributed by atoms with van der Waals surface area (Å²) in [6.45, 7) is 0. The van der Waals surface area contributed by atoms with Gasteiger partial charge in [0, 0.05) is 34.5 Å². The van der Waals surface area contributed by atoms with E-state index < -0.39 is 0 Å². The monoisotopic (exact) mass is 352 g/mol. The van der Waals surface area contributed by atoms with Crippen LogP contribution in [0.1, 0.15) is 29.6 Å². The average molecular weight is 353 g/mol. The molecule has 1 N–H and O–H groups in total. The molecule has 20 heavy (non-hydrogen) atoms. The Morgan fingerprint density at radius 3 is 2.60 bits per heavy atom. The lowest BCUT2D eigenvalue weighted by Crippen LogP contribution is -2.11. The summed E-state index contributed by atoms with van der Waals surface area (Å²) in [5.41, 5.74) is 0.675. The van der Waals surface area contributed by atoms with Crippen LogP contribution in [-0.2, 0) is 4.79 Å². The maximum atomic E-state index is 11.9. The van der Waals surface area contributed by atoms with Crippen LogP contribution >= 0.6 is 27.3 Å². The number of nitrogens with zero attached hydrogens (tertiary/aromatic N) is 1.